The lowest BCUT2D eigenvalue weighted by Crippen LogP contribution is -2.23. The number of carbonyl (C=O) groups excluding carboxylic acids is 1. The molecule has 7 heteroatoms. The van der Waals surface area contributed by atoms with E-state index in [0.717, 1.165) is 16.7 Å². The summed E-state index contributed by atoms with van der Waals surface area (Å²) in [5.74, 6) is -0.462. The van der Waals surface area contributed by atoms with Crippen molar-refractivity contribution < 1.29 is 9.18 Å². The zero-order valence-electron chi connectivity index (χ0n) is 12.4. The van der Waals surface area contributed by atoms with Gasteiger partial charge in [-0.05, 0) is 29.8 Å². The molecule has 6 nitrogen and oxygen atoms in total. The van der Waals surface area contributed by atoms with Crippen LogP contribution in [0.4, 0.5) is 4.39 Å². The first kappa shape index (κ1) is 14.8. The third-order valence-electron chi connectivity index (χ3n) is 3.38. The number of benzene rings is 2. The number of hydrogen-bond acceptors (Lipinski definition) is 4. The number of H-pyrrole nitrogens is 1. The van der Waals surface area contributed by atoms with E-state index >= 15 is 0 Å². The van der Waals surface area contributed by atoms with Crippen LogP contribution in [0.2, 0.25) is 0 Å². The molecule has 0 radical (unpaired) electrons. The van der Waals surface area contributed by atoms with E-state index in [2.05, 4.69) is 25.9 Å². The molecule has 2 aromatic carbocycles. The lowest BCUT2D eigenvalue weighted by atomic mass is 10.1. The number of nitrogens with one attached hydrogen (secondary N) is 2. The number of hydrogen-bond donors (Lipinski definition) is 2. The van der Waals surface area contributed by atoms with Crippen LogP contribution in [0.5, 0.6) is 0 Å². The SMILES string of the molecule is Cc1ccc(F)c(C(=O)NCc2ccc(-c3nn[nH]n3)cc2)c1. The lowest BCUT2D eigenvalue weighted by molar-refractivity contribution is 0.0947. The third kappa shape index (κ3) is 3.39. The monoisotopic (exact) mass is 311 g/mol. The predicted octanol–water partition coefficient (Wildman–Crippen LogP) is 2.24. The van der Waals surface area contributed by atoms with Crippen LogP contribution in [0.1, 0.15) is 21.5 Å². The molecule has 0 unspecified atom stereocenters. The first-order valence-electron chi connectivity index (χ1n) is 7.00. The Kier molecular flexibility index (Phi) is 4.09. The molecule has 0 saturated heterocycles. The second kappa shape index (κ2) is 6.35. The van der Waals surface area contributed by atoms with E-state index in [1.54, 1.807) is 6.07 Å². The van der Waals surface area contributed by atoms with Gasteiger partial charge in [-0.1, -0.05) is 35.9 Å². The van der Waals surface area contributed by atoms with Crippen molar-refractivity contribution in [2.24, 2.45) is 0 Å². The molecule has 23 heavy (non-hydrogen) atoms. The van der Waals surface area contributed by atoms with Gasteiger partial charge in [0.05, 0.1) is 5.56 Å². The molecular weight excluding hydrogens is 297 g/mol. The first-order valence-corrected chi connectivity index (χ1v) is 7.00. The minimum atomic E-state index is -0.527. The summed E-state index contributed by atoms with van der Waals surface area (Å²) in [5.41, 5.74) is 2.59. The molecule has 1 aromatic heterocycles. The van der Waals surface area contributed by atoms with Gasteiger partial charge in [0.2, 0.25) is 5.82 Å². The molecule has 0 saturated carbocycles. The van der Waals surface area contributed by atoms with Crippen LogP contribution >= 0.6 is 0 Å². The van der Waals surface area contributed by atoms with E-state index in [1.165, 1.54) is 12.1 Å². The minimum absolute atomic E-state index is 0.0495. The van der Waals surface area contributed by atoms with Crippen LogP contribution in [-0.2, 0) is 6.54 Å². The average molecular weight is 311 g/mol. The Labute approximate surface area is 131 Å². The Morgan fingerprint density at radius 2 is 2.00 bits per heavy atom. The first-order chi connectivity index (χ1) is 11.1. The topological polar surface area (TPSA) is 83.6 Å². The molecule has 0 spiro atoms. The summed E-state index contributed by atoms with van der Waals surface area (Å²) in [6, 6.07) is 11.8. The van der Waals surface area contributed by atoms with E-state index < -0.39 is 11.7 Å². The fraction of sp³-hybridized carbons (Fsp3) is 0.125. The highest BCUT2D eigenvalue weighted by Crippen LogP contribution is 2.14. The summed E-state index contributed by atoms with van der Waals surface area (Å²) >= 11 is 0. The molecule has 1 heterocycles. The van der Waals surface area contributed by atoms with Crippen LogP contribution in [0.15, 0.2) is 42.5 Å². The third-order valence-corrected chi connectivity index (χ3v) is 3.38. The van der Waals surface area contributed by atoms with Crippen LogP contribution in [0, 0.1) is 12.7 Å². The number of tetrazole rings is 1. The number of carbonyl (C=O) groups is 1. The van der Waals surface area contributed by atoms with Crippen molar-refractivity contribution in [2.45, 2.75) is 13.5 Å². The largest absolute Gasteiger partial charge is 0.348 e. The van der Waals surface area contributed by atoms with Gasteiger partial charge in [0.15, 0.2) is 0 Å². The zero-order chi connectivity index (χ0) is 16.2. The molecule has 3 rings (SSSR count). The Bertz CT molecular complexity index is 815. The standard InChI is InChI=1S/C16H14FN5O/c1-10-2-7-14(17)13(8-10)16(23)18-9-11-3-5-12(6-4-11)15-19-21-22-20-15/h2-8H,9H2,1H3,(H,18,23)(H,19,20,21,22). The van der Waals surface area contributed by atoms with Crippen molar-refractivity contribution in [1.82, 2.24) is 25.9 Å². The number of aryl methyl sites for hydroxylation is 1. The van der Waals surface area contributed by atoms with Crippen molar-refractivity contribution in [3.8, 4) is 11.4 Å². The fourth-order valence-corrected chi connectivity index (χ4v) is 2.15. The van der Waals surface area contributed by atoms with Crippen molar-refractivity contribution in [1.29, 1.82) is 0 Å². The second-order valence-corrected chi connectivity index (χ2v) is 5.10. The molecule has 0 aliphatic carbocycles. The highest BCUT2D eigenvalue weighted by Gasteiger charge is 2.11. The predicted molar refractivity (Wildman–Crippen MR) is 81.9 cm³/mol. The maximum atomic E-state index is 13.7. The molecule has 0 atom stereocenters. The summed E-state index contributed by atoms with van der Waals surface area (Å²) in [4.78, 5) is 12.1. The van der Waals surface area contributed by atoms with E-state index in [0.29, 0.717) is 12.4 Å². The van der Waals surface area contributed by atoms with Crippen LogP contribution in [-0.4, -0.2) is 26.5 Å². The van der Waals surface area contributed by atoms with Crippen molar-refractivity contribution in [3.63, 3.8) is 0 Å². The van der Waals surface area contributed by atoms with Crippen molar-refractivity contribution in [3.05, 3.63) is 65.0 Å². The maximum Gasteiger partial charge on any atom is 0.254 e. The Morgan fingerprint density at radius 1 is 1.22 bits per heavy atom. The van der Waals surface area contributed by atoms with Gasteiger partial charge in [0.1, 0.15) is 5.82 Å². The van der Waals surface area contributed by atoms with E-state index in [9.17, 15) is 9.18 Å². The van der Waals surface area contributed by atoms with Gasteiger partial charge >= 0.3 is 0 Å². The Morgan fingerprint density at radius 3 is 2.70 bits per heavy atom. The number of amides is 1. The number of aromatic amines is 1. The molecule has 3 aromatic rings. The van der Waals surface area contributed by atoms with Gasteiger partial charge in [-0.2, -0.15) is 5.21 Å². The Balaban J connectivity index is 1.66. The Hall–Kier alpha value is -3.09. The van der Waals surface area contributed by atoms with Crippen molar-refractivity contribution >= 4 is 5.91 Å². The average Bonchev–Trinajstić information content (AvgIpc) is 3.10. The molecule has 0 fully saturated rings. The number of nitrogens with zero attached hydrogens (tertiary/aromatic N) is 3. The molecule has 0 aliphatic heterocycles. The molecule has 0 bridgehead atoms. The zero-order valence-corrected chi connectivity index (χ0v) is 12.4. The molecular formula is C16H14FN5O. The highest BCUT2D eigenvalue weighted by molar-refractivity contribution is 5.94. The highest BCUT2D eigenvalue weighted by atomic mass is 19.1. The smallest absolute Gasteiger partial charge is 0.254 e. The fourth-order valence-electron chi connectivity index (χ4n) is 2.15. The van der Waals surface area contributed by atoms with Gasteiger partial charge in [-0.3, -0.25) is 4.79 Å². The van der Waals surface area contributed by atoms with E-state index in [4.69, 9.17) is 0 Å². The molecule has 2 N–H and O–H groups in total. The second-order valence-electron chi connectivity index (χ2n) is 5.10. The van der Waals surface area contributed by atoms with Gasteiger partial charge in [0.25, 0.3) is 5.91 Å². The van der Waals surface area contributed by atoms with Crippen LogP contribution in [0.3, 0.4) is 0 Å². The lowest BCUT2D eigenvalue weighted by Gasteiger charge is -2.07. The number of halogens is 1. The van der Waals surface area contributed by atoms with Gasteiger partial charge in [-0.25, -0.2) is 4.39 Å². The number of rotatable bonds is 4. The van der Waals surface area contributed by atoms with Crippen LogP contribution < -0.4 is 5.32 Å². The normalized spacial score (nSPS) is 10.5. The maximum absolute atomic E-state index is 13.7. The summed E-state index contributed by atoms with van der Waals surface area (Å²) in [5, 5.41) is 16.4. The number of aromatic nitrogens is 4. The minimum Gasteiger partial charge on any atom is -0.348 e. The summed E-state index contributed by atoms with van der Waals surface area (Å²) in [6.45, 7) is 2.12. The van der Waals surface area contributed by atoms with E-state index in [-0.39, 0.29) is 5.56 Å². The molecule has 116 valence electrons. The molecule has 0 aliphatic rings. The van der Waals surface area contributed by atoms with Gasteiger partial charge < -0.3 is 5.32 Å². The quantitative estimate of drug-likeness (QED) is 0.774. The summed E-state index contributed by atoms with van der Waals surface area (Å²) < 4.78 is 13.7. The van der Waals surface area contributed by atoms with Gasteiger partial charge in [0, 0.05) is 12.1 Å². The van der Waals surface area contributed by atoms with E-state index in [1.807, 2.05) is 31.2 Å². The van der Waals surface area contributed by atoms with Gasteiger partial charge in [-0.15, -0.1) is 10.2 Å². The van der Waals surface area contributed by atoms with Crippen LogP contribution in [0.25, 0.3) is 11.4 Å². The van der Waals surface area contributed by atoms with Crippen molar-refractivity contribution in [2.75, 3.05) is 0 Å². The summed E-state index contributed by atoms with van der Waals surface area (Å²) in [7, 11) is 0. The molecule has 1 amide bonds. The summed E-state index contributed by atoms with van der Waals surface area (Å²) in [6.07, 6.45) is 0.